The molecular formula is C11H14N4O. The van der Waals surface area contributed by atoms with Crippen LogP contribution in [0.2, 0.25) is 0 Å². The van der Waals surface area contributed by atoms with Crippen molar-refractivity contribution in [2.75, 3.05) is 7.11 Å². The Morgan fingerprint density at radius 3 is 2.88 bits per heavy atom. The Kier molecular flexibility index (Phi) is 3.14. The smallest absolute Gasteiger partial charge is 0.156 e. The number of nitrogens with zero attached hydrogens (tertiary/aromatic N) is 4. The Morgan fingerprint density at radius 1 is 1.31 bits per heavy atom. The van der Waals surface area contributed by atoms with Crippen LogP contribution in [-0.4, -0.2) is 27.3 Å². The van der Waals surface area contributed by atoms with Gasteiger partial charge in [0.1, 0.15) is 11.4 Å². The minimum Gasteiger partial charge on any atom is -0.494 e. The van der Waals surface area contributed by atoms with Crippen LogP contribution in [0.4, 0.5) is 0 Å². The molecule has 0 bridgehead atoms. The second-order valence-corrected chi connectivity index (χ2v) is 3.43. The Hall–Kier alpha value is -1.91. The van der Waals surface area contributed by atoms with E-state index in [-0.39, 0.29) is 0 Å². The van der Waals surface area contributed by atoms with Gasteiger partial charge >= 0.3 is 0 Å². The second-order valence-electron chi connectivity index (χ2n) is 3.43. The fourth-order valence-corrected chi connectivity index (χ4v) is 1.58. The van der Waals surface area contributed by atoms with Gasteiger partial charge in [-0.3, -0.25) is 0 Å². The average Bonchev–Trinajstić information content (AvgIpc) is 2.77. The molecule has 16 heavy (non-hydrogen) atoms. The van der Waals surface area contributed by atoms with E-state index < -0.39 is 0 Å². The van der Waals surface area contributed by atoms with Crippen LogP contribution in [0.1, 0.15) is 19.2 Å². The molecule has 0 amide bonds. The molecule has 0 aliphatic heterocycles. The fourth-order valence-electron chi connectivity index (χ4n) is 1.58. The molecule has 0 atom stereocenters. The highest BCUT2D eigenvalue weighted by atomic mass is 16.5. The van der Waals surface area contributed by atoms with Gasteiger partial charge in [0, 0.05) is 6.42 Å². The van der Waals surface area contributed by atoms with Gasteiger partial charge in [0.2, 0.25) is 0 Å². The third kappa shape index (κ3) is 1.88. The van der Waals surface area contributed by atoms with Crippen molar-refractivity contribution in [3.05, 3.63) is 30.1 Å². The Labute approximate surface area is 94.0 Å². The summed E-state index contributed by atoms with van der Waals surface area (Å²) in [7, 11) is 1.64. The van der Waals surface area contributed by atoms with Gasteiger partial charge in [0.15, 0.2) is 5.82 Å². The number of benzene rings is 1. The predicted octanol–water partition coefficient (Wildman–Crippen LogP) is 1.62. The standard InChI is InChI=1S/C11H14N4O/c1-3-6-11-12-13-14-15(11)9-7-4-5-8-10(9)16-2/h4-5,7-8H,3,6H2,1-2H3. The van der Waals surface area contributed by atoms with Gasteiger partial charge in [0.05, 0.1) is 7.11 Å². The molecule has 0 fully saturated rings. The molecule has 0 spiro atoms. The summed E-state index contributed by atoms with van der Waals surface area (Å²) in [5.74, 6) is 1.62. The molecule has 2 aromatic rings. The molecule has 2 rings (SSSR count). The maximum Gasteiger partial charge on any atom is 0.156 e. The molecule has 5 nitrogen and oxygen atoms in total. The number of rotatable bonds is 4. The molecule has 1 aromatic carbocycles. The molecule has 84 valence electrons. The minimum absolute atomic E-state index is 0.771. The van der Waals surface area contributed by atoms with Gasteiger partial charge in [-0.15, -0.1) is 5.10 Å². The van der Waals surface area contributed by atoms with E-state index in [1.54, 1.807) is 11.8 Å². The van der Waals surface area contributed by atoms with Gasteiger partial charge in [-0.25, -0.2) is 0 Å². The van der Waals surface area contributed by atoms with E-state index in [9.17, 15) is 0 Å². The monoisotopic (exact) mass is 218 g/mol. The summed E-state index contributed by atoms with van der Waals surface area (Å²) in [4.78, 5) is 0. The molecule has 0 aliphatic carbocycles. The van der Waals surface area contributed by atoms with Crippen LogP contribution in [0, 0.1) is 0 Å². The third-order valence-electron chi connectivity index (χ3n) is 2.32. The Balaban J connectivity index is 2.45. The summed E-state index contributed by atoms with van der Waals surface area (Å²) in [6.45, 7) is 2.10. The van der Waals surface area contributed by atoms with Gasteiger partial charge in [-0.2, -0.15) is 4.68 Å². The third-order valence-corrected chi connectivity index (χ3v) is 2.32. The van der Waals surface area contributed by atoms with E-state index in [4.69, 9.17) is 4.74 Å². The number of aromatic nitrogens is 4. The van der Waals surface area contributed by atoms with E-state index in [2.05, 4.69) is 22.4 Å². The van der Waals surface area contributed by atoms with Crippen LogP contribution in [0.15, 0.2) is 24.3 Å². The summed E-state index contributed by atoms with van der Waals surface area (Å²) in [5.41, 5.74) is 0.874. The zero-order valence-electron chi connectivity index (χ0n) is 9.42. The Morgan fingerprint density at radius 2 is 2.12 bits per heavy atom. The highest BCUT2D eigenvalue weighted by Gasteiger charge is 2.10. The largest absolute Gasteiger partial charge is 0.494 e. The quantitative estimate of drug-likeness (QED) is 0.782. The molecule has 0 unspecified atom stereocenters. The summed E-state index contributed by atoms with van der Waals surface area (Å²) in [6.07, 6.45) is 1.86. The number of methoxy groups -OCH3 is 1. The molecule has 5 heteroatoms. The van der Waals surface area contributed by atoms with Crippen molar-refractivity contribution in [1.82, 2.24) is 20.2 Å². The van der Waals surface area contributed by atoms with Crippen LogP contribution in [0.5, 0.6) is 5.75 Å². The molecule has 0 radical (unpaired) electrons. The highest BCUT2D eigenvalue weighted by molar-refractivity contribution is 5.46. The van der Waals surface area contributed by atoms with Gasteiger partial charge in [0.25, 0.3) is 0 Å². The lowest BCUT2D eigenvalue weighted by molar-refractivity contribution is 0.411. The maximum absolute atomic E-state index is 5.29. The van der Waals surface area contributed by atoms with Gasteiger partial charge < -0.3 is 4.74 Å². The van der Waals surface area contributed by atoms with E-state index >= 15 is 0 Å². The predicted molar refractivity (Wildman–Crippen MR) is 59.7 cm³/mol. The van der Waals surface area contributed by atoms with Crippen molar-refractivity contribution in [2.24, 2.45) is 0 Å². The van der Waals surface area contributed by atoms with Crippen LogP contribution in [0.25, 0.3) is 5.69 Å². The number of para-hydroxylation sites is 2. The van der Waals surface area contributed by atoms with Crippen molar-refractivity contribution in [3.63, 3.8) is 0 Å². The van der Waals surface area contributed by atoms with Crippen molar-refractivity contribution in [3.8, 4) is 11.4 Å². The number of hydrogen-bond donors (Lipinski definition) is 0. The number of aryl methyl sites for hydroxylation is 1. The second kappa shape index (κ2) is 4.74. The SMILES string of the molecule is CCCc1nnnn1-c1ccccc1OC. The van der Waals surface area contributed by atoms with Crippen molar-refractivity contribution >= 4 is 0 Å². The van der Waals surface area contributed by atoms with Crippen LogP contribution in [-0.2, 0) is 6.42 Å². The van der Waals surface area contributed by atoms with Crippen molar-refractivity contribution in [1.29, 1.82) is 0 Å². The molecule has 0 saturated heterocycles. The van der Waals surface area contributed by atoms with Crippen LogP contribution >= 0.6 is 0 Å². The van der Waals surface area contributed by atoms with E-state index in [0.29, 0.717) is 0 Å². The maximum atomic E-state index is 5.29. The lowest BCUT2D eigenvalue weighted by Gasteiger charge is -2.08. The topological polar surface area (TPSA) is 52.8 Å². The summed E-state index contributed by atoms with van der Waals surface area (Å²) in [5, 5.41) is 11.7. The molecule has 0 N–H and O–H groups in total. The first-order chi connectivity index (χ1) is 7.86. The first-order valence-corrected chi connectivity index (χ1v) is 5.27. The van der Waals surface area contributed by atoms with Gasteiger partial charge in [-0.1, -0.05) is 19.1 Å². The van der Waals surface area contributed by atoms with E-state index in [0.717, 1.165) is 30.1 Å². The minimum atomic E-state index is 0.771. The summed E-state index contributed by atoms with van der Waals surface area (Å²) < 4.78 is 7.01. The molecular weight excluding hydrogens is 204 g/mol. The lowest BCUT2D eigenvalue weighted by atomic mass is 10.2. The normalized spacial score (nSPS) is 10.4. The van der Waals surface area contributed by atoms with E-state index in [1.165, 1.54) is 0 Å². The van der Waals surface area contributed by atoms with Crippen LogP contribution in [0.3, 0.4) is 0 Å². The first kappa shape index (κ1) is 10.6. The Bertz CT molecular complexity index is 467. The number of hydrogen-bond acceptors (Lipinski definition) is 4. The number of tetrazole rings is 1. The molecule has 1 aromatic heterocycles. The fraction of sp³-hybridized carbons (Fsp3) is 0.364. The lowest BCUT2D eigenvalue weighted by Crippen LogP contribution is -2.04. The van der Waals surface area contributed by atoms with E-state index in [1.807, 2.05) is 24.3 Å². The summed E-state index contributed by atoms with van der Waals surface area (Å²) >= 11 is 0. The van der Waals surface area contributed by atoms with Crippen molar-refractivity contribution in [2.45, 2.75) is 19.8 Å². The zero-order valence-corrected chi connectivity index (χ0v) is 9.42. The van der Waals surface area contributed by atoms with Crippen molar-refractivity contribution < 1.29 is 4.74 Å². The number of ether oxygens (including phenoxy) is 1. The summed E-state index contributed by atoms with van der Waals surface area (Å²) in [6, 6.07) is 7.70. The molecule has 0 saturated carbocycles. The zero-order chi connectivity index (χ0) is 11.4. The van der Waals surface area contributed by atoms with Crippen LogP contribution < -0.4 is 4.74 Å². The first-order valence-electron chi connectivity index (χ1n) is 5.27. The highest BCUT2D eigenvalue weighted by Crippen LogP contribution is 2.21. The molecule has 1 heterocycles. The average molecular weight is 218 g/mol. The van der Waals surface area contributed by atoms with Gasteiger partial charge in [-0.05, 0) is 29.0 Å². The molecule has 0 aliphatic rings.